The van der Waals surface area contributed by atoms with Crippen LogP contribution in [-0.4, -0.2) is 38.7 Å². The molecule has 2 aromatic rings. The van der Waals surface area contributed by atoms with Gasteiger partial charge in [-0.25, -0.2) is 0 Å². The maximum Gasteiger partial charge on any atom is 0.262 e. The van der Waals surface area contributed by atoms with Gasteiger partial charge < -0.3 is 20.1 Å². The number of methoxy groups -OCH3 is 1. The van der Waals surface area contributed by atoms with E-state index in [0.717, 1.165) is 35.7 Å². The van der Waals surface area contributed by atoms with Gasteiger partial charge in [0.15, 0.2) is 6.61 Å². The number of para-hydroxylation sites is 1. The molecule has 2 amide bonds. The van der Waals surface area contributed by atoms with Crippen molar-refractivity contribution in [2.24, 2.45) is 0 Å². The first-order chi connectivity index (χ1) is 13.6. The van der Waals surface area contributed by atoms with Gasteiger partial charge in [-0.15, -0.1) is 11.3 Å². The minimum atomic E-state index is -0.291. The van der Waals surface area contributed by atoms with Gasteiger partial charge in [0.2, 0.25) is 0 Å². The molecule has 0 spiro atoms. The molecule has 0 atom stereocenters. The minimum Gasteiger partial charge on any atom is -0.483 e. The summed E-state index contributed by atoms with van der Waals surface area (Å²) in [6.07, 6.45) is 3.97. The monoisotopic (exact) mass is 466 g/mol. The summed E-state index contributed by atoms with van der Waals surface area (Å²) in [6, 6.07) is 7.36. The molecule has 1 aliphatic rings. The Labute approximate surface area is 176 Å². The SMILES string of the molecule is COCCNC(=O)c1c(NC(=O)COc2ccccc2Br)sc2c1CCCC2. The van der Waals surface area contributed by atoms with Crippen LogP contribution < -0.4 is 15.4 Å². The highest BCUT2D eigenvalue weighted by Crippen LogP contribution is 2.38. The summed E-state index contributed by atoms with van der Waals surface area (Å²) in [6.45, 7) is 0.744. The highest BCUT2D eigenvalue weighted by Gasteiger charge is 2.26. The number of anilines is 1. The first-order valence-electron chi connectivity index (χ1n) is 9.19. The second kappa shape index (κ2) is 10.0. The number of amides is 2. The zero-order chi connectivity index (χ0) is 19.9. The fraction of sp³-hybridized carbons (Fsp3) is 0.400. The molecule has 0 fully saturated rings. The van der Waals surface area contributed by atoms with Gasteiger partial charge in [0.1, 0.15) is 10.8 Å². The molecule has 0 saturated carbocycles. The van der Waals surface area contributed by atoms with Gasteiger partial charge in [-0.1, -0.05) is 12.1 Å². The Balaban J connectivity index is 1.71. The van der Waals surface area contributed by atoms with Crippen molar-refractivity contribution < 1.29 is 19.1 Å². The Hall–Kier alpha value is -1.90. The largest absolute Gasteiger partial charge is 0.483 e. The number of rotatable bonds is 8. The van der Waals surface area contributed by atoms with Gasteiger partial charge in [-0.3, -0.25) is 9.59 Å². The summed E-state index contributed by atoms with van der Waals surface area (Å²) in [5.41, 5.74) is 1.65. The van der Waals surface area contributed by atoms with E-state index in [2.05, 4.69) is 26.6 Å². The number of fused-ring (bicyclic) bond motifs is 1. The molecule has 6 nitrogen and oxygen atoms in total. The topological polar surface area (TPSA) is 76.7 Å². The average Bonchev–Trinajstić information content (AvgIpc) is 3.05. The molecule has 1 aliphatic carbocycles. The molecule has 0 unspecified atom stereocenters. The second-order valence-corrected chi connectivity index (χ2v) is 8.39. The lowest BCUT2D eigenvalue weighted by Crippen LogP contribution is -2.29. The molecule has 0 radical (unpaired) electrons. The molecule has 8 heteroatoms. The fourth-order valence-electron chi connectivity index (χ4n) is 3.12. The Bertz CT molecular complexity index is 853. The van der Waals surface area contributed by atoms with Gasteiger partial charge >= 0.3 is 0 Å². The van der Waals surface area contributed by atoms with Crippen LogP contribution in [-0.2, 0) is 22.4 Å². The van der Waals surface area contributed by atoms with E-state index in [1.807, 2.05) is 18.2 Å². The van der Waals surface area contributed by atoms with Crippen molar-refractivity contribution in [2.45, 2.75) is 25.7 Å². The van der Waals surface area contributed by atoms with Crippen LogP contribution in [0.5, 0.6) is 5.75 Å². The molecule has 0 bridgehead atoms. The van der Waals surface area contributed by atoms with E-state index in [1.54, 1.807) is 13.2 Å². The lowest BCUT2D eigenvalue weighted by molar-refractivity contribution is -0.118. The van der Waals surface area contributed by atoms with Crippen molar-refractivity contribution in [3.63, 3.8) is 0 Å². The van der Waals surface area contributed by atoms with Gasteiger partial charge in [-0.05, 0) is 59.3 Å². The van der Waals surface area contributed by atoms with Crippen LogP contribution in [0.2, 0.25) is 0 Å². The Morgan fingerprint density at radius 2 is 2.00 bits per heavy atom. The van der Waals surface area contributed by atoms with Crippen molar-refractivity contribution in [3.05, 3.63) is 44.7 Å². The quantitative estimate of drug-likeness (QED) is 0.580. The molecular formula is C20H23BrN2O4S. The maximum absolute atomic E-state index is 12.7. The van der Waals surface area contributed by atoms with Crippen molar-refractivity contribution in [1.82, 2.24) is 5.32 Å². The Morgan fingerprint density at radius 1 is 1.21 bits per heavy atom. The second-order valence-electron chi connectivity index (χ2n) is 6.43. The summed E-state index contributed by atoms with van der Waals surface area (Å²) >= 11 is 4.89. The van der Waals surface area contributed by atoms with E-state index in [-0.39, 0.29) is 18.4 Å². The van der Waals surface area contributed by atoms with Crippen molar-refractivity contribution in [1.29, 1.82) is 0 Å². The van der Waals surface area contributed by atoms with Crippen LogP contribution in [0.15, 0.2) is 28.7 Å². The van der Waals surface area contributed by atoms with E-state index in [1.165, 1.54) is 16.2 Å². The van der Waals surface area contributed by atoms with Crippen LogP contribution in [0.3, 0.4) is 0 Å². The van der Waals surface area contributed by atoms with Gasteiger partial charge in [0.05, 0.1) is 16.6 Å². The van der Waals surface area contributed by atoms with Crippen molar-refractivity contribution >= 4 is 44.1 Å². The highest BCUT2D eigenvalue weighted by atomic mass is 79.9. The molecule has 1 heterocycles. The molecule has 1 aromatic heterocycles. The number of carbonyl (C=O) groups excluding carboxylic acids is 2. The molecule has 2 N–H and O–H groups in total. The van der Waals surface area contributed by atoms with E-state index in [9.17, 15) is 9.59 Å². The number of halogens is 1. The molecule has 0 saturated heterocycles. The van der Waals surface area contributed by atoms with Crippen molar-refractivity contribution in [3.8, 4) is 5.75 Å². The summed E-state index contributed by atoms with van der Waals surface area (Å²) in [4.78, 5) is 26.4. The highest BCUT2D eigenvalue weighted by molar-refractivity contribution is 9.10. The molecule has 28 heavy (non-hydrogen) atoms. The number of carbonyl (C=O) groups is 2. The number of nitrogens with one attached hydrogen (secondary N) is 2. The normalized spacial score (nSPS) is 12.9. The lowest BCUT2D eigenvalue weighted by Gasteiger charge is -2.13. The summed E-state index contributed by atoms with van der Waals surface area (Å²) in [5, 5.41) is 6.34. The smallest absolute Gasteiger partial charge is 0.262 e. The number of hydrogen-bond donors (Lipinski definition) is 2. The van der Waals surface area contributed by atoms with Crippen molar-refractivity contribution in [2.75, 3.05) is 32.2 Å². The molecule has 0 aliphatic heterocycles. The van der Waals surface area contributed by atoms with Crippen LogP contribution in [0.1, 0.15) is 33.6 Å². The maximum atomic E-state index is 12.7. The number of thiophene rings is 1. The summed E-state index contributed by atoms with van der Waals surface area (Å²) in [7, 11) is 1.59. The number of hydrogen-bond acceptors (Lipinski definition) is 5. The zero-order valence-electron chi connectivity index (χ0n) is 15.7. The number of benzene rings is 1. The fourth-order valence-corrected chi connectivity index (χ4v) is 4.82. The molecular weight excluding hydrogens is 444 g/mol. The van der Waals surface area contributed by atoms with Crippen LogP contribution in [0, 0.1) is 0 Å². The van der Waals surface area contributed by atoms with Crippen LogP contribution in [0.25, 0.3) is 0 Å². The Morgan fingerprint density at radius 3 is 2.79 bits per heavy atom. The average molecular weight is 467 g/mol. The first kappa shape index (κ1) is 20.8. The summed E-state index contributed by atoms with van der Waals surface area (Å²) < 4.78 is 11.4. The molecule has 3 rings (SSSR count). The Kier molecular flexibility index (Phi) is 7.47. The number of aryl methyl sites for hydroxylation is 1. The zero-order valence-corrected chi connectivity index (χ0v) is 18.1. The van der Waals surface area contributed by atoms with Gasteiger partial charge in [-0.2, -0.15) is 0 Å². The summed E-state index contributed by atoms with van der Waals surface area (Å²) in [5.74, 6) is 0.138. The van der Waals surface area contributed by atoms with E-state index in [4.69, 9.17) is 9.47 Å². The third-order valence-electron chi connectivity index (χ3n) is 4.44. The first-order valence-corrected chi connectivity index (χ1v) is 10.8. The van der Waals surface area contributed by atoms with E-state index in [0.29, 0.717) is 29.5 Å². The van der Waals surface area contributed by atoms with Crippen LogP contribution >= 0.6 is 27.3 Å². The standard InChI is InChI=1S/C20H23BrN2O4S/c1-26-11-10-22-19(25)18-13-6-2-5-9-16(13)28-20(18)23-17(24)12-27-15-8-4-3-7-14(15)21/h3-4,7-8H,2,5-6,9-12H2,1H3,(H,22,25)(H,23,24). The molecule has 150 valence electrons. The van der Waals surface area contributed by atoms with E-state index >= 15 is 0 Å². The van der Waals surface area contributed by atoms with Gasteiger partial charge in [0, 0.05) is 18.5 Å². The molecule has 1 aromatic carbocycles. The number of ether oxygens (including phenoxy) is 2. The van der Waals surface area contributed by atoms with Gasteiger partial charge in [0.25, 0.3) is 11.8 Å². The van der Waals surface area contributed by atoms with E-state index < -0.39 is 0 Å². The van der Waals surface area contributed by atoms with Crippen LogP contribution in [0.4, 0.5) is 5.00 Å². The minimum absolute atomic E-state index is 0.129. The predicted molar refractivity (Wildman–Crippen MR) is 113 cm³/mol. The third-order valence-corrected chi connectivity index (χ3v) is 6.30. The third kappa shape index (κ3) is 5.12. The lowest BCUT2D eigenvalue weighted by atomic mass is 9.95. The predicted octanol–water partition coefficient (Wildman–Crippen LogP) is 3.78.